The van der Waals surface area contributed by atoms with E-state index in [0.29, 0.717) is 0 Å². The lowest BCUT2D eigenvalue weighted by Crippen LogP contribution is -2.09. The average molecular weight is 337 g/mol. The summed E-state index contributed by atoms with van der Waals surface area (Å²) >= 11 is 0. The van der Waals surface area contributed by atoms with Crippen molar-refractivity contribution in [2.75, 3.05) is 4.90 Å². The fourth-order valence-electron chi connectivity index (χ4n) is 3.00. The number of hydrogen-bond acceptors (Lipinski definition) is 1. The summed E-state index contributed by atoms with van der Waals surface area (Å²) in [5.41, 5.74) is 6.83. The Morgan fingerprint density at radius 1 is 0.769 bits per heavy atom. The second-order valence-corrected chi connectivity index (χ2v) is 6.12. The number of para-hydroxylation sites is 1. The van der Waals surface area contributed by atoms with E-state index in [1.165, 1.54) is 5.56 Å². The number of anilines is 3. The highest BCUT2D eigenvalue weighted by atomic mass is 15.1. The minimum Gasteiger partial charge on any atom is -0.310 e. The molecule has 1 heteroatoms. The lowest BCUT2D eigenvalue weighted by Gasteiger charge is -2.26. The Bertz CT molecular complexity index is 918. The van der Waals surface area contributed by atoms with Gasteiger partial charge in [-0.05, 0) is 60.0 Å². The van der Waals surface area contributed by atoms with Gasteiger partial charge in [0.05, 0.1) is 0 Å². The lowest BCUT2D eigenvalue weighted by atomic mass is 10.0. The average Bonchev–Trinajstić information content (AvgIpc) is 2.68. The first kappa shape index (κ1) is 17.5. The highest BCUT2D eigenvalue weighted by molar-refractivity contribution is 5.80. The number of hydrogen-bond donors (Lipinski definition) is 0. The number of allylic oxidation sites excluding steroid dienone is 4. The lowest BCUT2D eigenvalue weighted by molar-refractivity contribution is 1.27. The number of nitrogens with zero attached hydrogens (tertiary/aromatic N) is 1. The van der Waals surface area contributed by atoms with Gasteiger partial charge in [0.15, 0.2) is 0 Å². The molecule has 128 valence electrons. The number of aryl methyl sites for hydroxylation is 1. The molecule has 0 spiro atoms. The van der Waals surface area contributed by atoms with Gasteiger partial charge in [-0.2, -0.15) is 0 Å². The Labute approximate surface area is 156 Å². The molecule has 0 fully saturated rings. The number of benzene rings is 3. The first-order valence-electron chi connectivity index (χ1n) is 8.70. The molecular weight excluding hydrogens is 314 g/mol. The Kier molecular flexibility index (Phi) is 5.50. The maximum Gasteiger partial charge on any atom is 0.0464 e. The van der Waals surface area contributed by atoms with E-state index in [1.54, 1.807) is 6.08 Å². The maximum atomic E-state index is 3.89. The molecule has 0 saturated carbocycles. The van der Waals surface area contributed by atoms with E-state index in [-0.39, 0.29) is 0 Å². The van der Waals surface area contributed by atoms with Gasteiger partial charge in [-0.1, -0.05) is 73.9 Å². The zero-order chi connectivity index (χ0) is 18.4. The van der Waals surface area contributed by atoms with Gasteiger partial charge in [0, 0.05) is 17.1 Å². The van der Waals surface area contributed by atoms with E-state index in [9.17, 15) is 0 Å². The maximum absolute atomic E-state index is 3.89. The summed E-state index contributed by atoms with van der Waals surface area (Å²) < 4.78 is 0. The van der Waals surface area contributed by atoms with Crippen LogP contribution < -0.4 is 4.90 Å². The van der Waals surface area contributed by atoms with Gasteiger partial charge in [-0.25, -0.2) is 0 Å². The summed E-state index contributed by atoms with van der Waals surface area (Å²) in [4.78, 5) is 2.27. The smallest absolute Gasteiger partial charge is 0.0464 e. The SMILES string of the molecule is C=C/C=C(\C=C)c1ccc(N(c2ccccc2)c2cccc(C)c2)cc1. The topological polar surface area (TPSA) is 3.24 Å². The first-order valence-corrected chi connectivity index (χ1v) is 8.70. The number of rotatable bonds is 6. The van der Waals surface area contributed by atoms with Gasteiger partial charge >= 0.3 is 0 Å². The van der Waals surface area contributed by atoms with Crippen LogP contribution in [-0.2, 0) is 0 Å². The van der Waals surface area contributed by atoms with Gasteiger partial charge in [0.1, 0.15) is 0 Å². The minimum atomic E-state index is 1.06. The second kappa shape index (κ2) is 8.17. The third-order valence-corrected chi connectivity index (χ3v) is 4.25. The van der Waals surface area contributed by atoms with E-state index < -0.39 is 0 Å². The van der Waals surface area contributed by atoms with E-state index in [1.807, 2.05) is 18.2 Å². The van der Waals surface area contributed by atoms with Crippen LogP contribution in [0.15, 0.2) is 110 Å². The van der Waals surface area contributed by atoms with Crippen LogP contribution >= 0.6 is 0 Å². The molecule has 0 heterocycles. The molecule has 1 nitrogen and oxygen atoms in total. The largest absolute Gasteiger partial charge is 0.310 e. The monoisotopic (exact) mass is 337 g/mol. The van der Waals surface area contributed by atoms with Crippen LogP contribution in [0, 0.1) is 6.92 Å². The Morgan fingerprint density at radius 3 is 2.04 bits per heavy atom. The van der Waals surface area contributed by atoms with E-state index in [4.69, 9.17) is 0 Å². The van der Waals surface area contributed by atoms with Crippen molar-refractivity contribution in [3.63, 3.8) is 0 Å². The predicted molar refractivity (Wildman–Crippen MR) is 114 cm³/mol. The molecule has 0 aromatic heterocycles. The Balaban J connectivity index is 2.07. The molecule has 0 unspecified atom stereocenters. The van der Waals surface area contributed by atoms with Crippen LogP contribution in [-0.4, -0.2) is 0 Å². The fourth-order valence-corrected chi connectivity index (χ4v) is 3.00. The predicted octanol–water partition coefficient (Wildman–Crippen LogP) is 7.22. The zero-order valence-corrected chi connectivity index (χ0v) is 15.1. The molecule has 0 radical (unpaired) electrons. The van der Waals surface area contributed by atoms with Crippen molar-refractivity contribution >= 4 is 22.6 Å². The molecule has 0 aliphatic rings. The van der Waals surface area contributed by atoms with Crippen LogP contribution in [0.2, 0.25) is 0 Å². The molecule has 3 aromatic rings. The van der Waals surface area contributed by atoms with Crippen LogP contribution in [0.3, 0.4) is 0 Å². The molecule has 0 aliphatic carbocycles. The highest BCUT2D eigenvalue weighted by Gasteiger charge is 2.12. The van der Waals surface area contributed by atoms with Gasteiger partial charge in [-0.15, -0.1) is 0 Å². The molecule has 3 rings (SSSR count). The van der Waals surface area contributed by atoms with Crippen LogP contribution in [0.1, 0.15) is 11.1 Å². The summed E-state index contributed by atoms with van der Waals surface area (Å²) in [6.45, 7) is 9.78. The van der Waals surface area contributed by atoms with Crippen molar-refractivity contribution in [1.29, 1.82) is 0 Å². The van der Waals surface area contributed by atoms with Crippen LogP contribution in [0.4, 0.5) is 17.1 Å². The standard InChI is InChI=1S/C25H23N/c1-4-10-21(5-2)22-15-17-24(18-16-22)26(23-12-7-6-8-13-23)25-14-9-11-20(3)19-25/h4-19H,1-2H2,3H3/b21-10+. The first-order chi connectivity index (χ1) is 12.7. The van der Waals surface area contributed by atoms with Crippen molar-refractivity contribution in [2.45, 2.75) is 6.92 Å². The molecule has 0 bridgehead atoms. The Morgan fingerprint density at radius 2 is 1.42 bits per heavy atom. The van der Waals surface area contributed by atoms with Gasteiger partial charge in [0.2, 0.25) is 0 Å². The molecule has 0 saturated heterocycles. The molecule has 0 N–H and O–H groups in total. The fraction of sp³-hybridized carbons (Fsp3) is 0.0400. The van der Waals surface area contributed by atoms with Crippen LogP contribution in [0.5, 0.6) is 0 Å². The van der Waals surface area contributed by atoms with Crippen molar-refractivity contribution < 1.29 is 0 Å². The van der Waals surface area contributed by atoms with E-state index in [0.717, 1.165) is 28.2 Å². The molecule has 26 heavy (non-hydrogen) atoms. The second-order valence-electron chi connectivity index (χ2n) is 6.12. The molecular formula is C25H23N. The van der Waals surface area contributed by atoms with Crippen molar-refractivity contribution in [1.82, 2.24) is 0 Å². The van der Waals surface area contributed by atoms with Crippen molar-refractivity contribution in [3.05, 3.63) is 121 Å². The summed E-state index contributed by atoms with van der Waals surface area (Å²) in [7, 11) is 0. The van der Waals surface area contributed by atoms with Crippen molar-refractivity contribution in [3.8, 4) is 0 Å². The summed E-state index contributed by atoms with van der Waals surface area (Å²) in [5.74, 6) is 0. The highest BCUT2D eigenvalue weighted by Crippen LogP contribution is 2.35. The third kappa shape index (κ3) is 3.84. The molecule has 0 amide bonds. The zero-order valence-electron chi connectivity index (χ0n) is 15.1. The van der Waals surface area contributed by atoms with Crippen molar-refractivity contribution in [2.24, 2.45) is 0 Å². The molecule has 3 aromatic carbocycles. The normalized spacial score (nSPS) is 11.0. The van der Waals surface area contributed by atoms with Gasteiger partial charge in [0.25, 0.3) is 0 Å². The van der Waals surface area contributed by atoms with E-state index >= 15 is 0 Å². The van der Waals surface area contributed by atoms with Gasteiger partial charge in [-0.3, -0.25) is 0 Å². The summed E-state index contributed by atoms with van der Waals surface area (Å²) in [6, 6.07) is 27.5. The van der Waals surface area contributed by atoms with Crippen LogP contribution in [0.25, 0.3) is 5.57 Å². The summed E-state index contributed by atoms with van der Waals surface area (Å²) in [6.07, 6.45) is 5.61. The summed E-state index contributed by atoms with van der Waals surface area (Å²) in [5, 5.41) is 0. The van der Waals surface area contributed by atoms with Gasteiger partial charge < -0.3 is 4.90 Å². The third-order valence-electron chi connectivity index (χ3n) is 4.25. The quantitative estimate of drug-likeness (QED) is 0.429. The Hall–Kier alpha value is -3.32. The molecule has 0 atom stereocenters. The molecule has 0 aliphatic heterocycles. The van der Waals surface area contributed by atoms with E-state index in [2.05, 4.69) is 97.8 Å². The minimum absolute atomic E-state index is 1.06.